The van der Waals surface area contributed by atoms with Crippen LogP contribution in [0, 0.1) is 11.8 Å². The third kappa shape index (κ3) is 2.20. The highest BCUT2D eigenvalue weighted by molar-refractivity contribution is 7.12. The van der Waals surface area contributed by atoms with Gasteiger partial charge in [-0.2, -0.15) is 0 Å². The average Bonchev–Trinajstić information content (AvgIpc) is 2.67. The summed E-state index contributed by atoms with van der Waals surface area (Å²) in [5, 5.41) is 10.6. The van der Waals surface area contributed by atoms with Crippen LogP contribution < -0.4 is 0 Å². The van der Waals surface area contributed by atoms with Crippen LogP contribution >= 0.6 is 11.3 Å². The van der Waals surface area contributed by atoms with Gasteiger partial charge in [0.05, 0.1) is 10.8 Å². The Morgan fingerprint density at radius 3 is 2.43 bits per heavy atom. The number of carbonyl (C=O) groups excluding carboxylic acids is 1. The van der Waals surface area contributed by atoms with Crippen molar-refractivity contribution in [1.82, 2.24) is 0 Å². The van der Waals surface area contributed by atoms with Crippen LogP contribution in [0.5, 0.6) is 0 Å². The first-order valence-corrected chi connectivity index (χ1v) is 5.22. The molecule has 0 aromatic carbocycles. The van der Waals surface area contributed by atoms with E-state index in [9.17, 15) is 9.59 Å². The summed E-state index contributed by atoms with van der Waals surface area (Å²) in [4.78, 5) is 23.0. The normalized spacial score (nSPS) is 14.7. The SMILES string of the molecule is CC(C(=O)O)C(C)C(=O)c1cccs1. The van der Waals surface area contributed by atoms with Gasteiger partial charge in [0, 0.05) is 5.92 Å². The van der Waals surface area contributed by atoms with Crippen LogP contribution in [0.3, 0.4) is 0 Å². The van der Waals surface area contributed by atoms with E-state index in [1.54, 1.807) is 26.0 Å². The van der Waals surface area contributed by atoms with Gasteiger partial charge >= 0.3 is 5.97 Å². The van der Waals surface area contributed by atoms with E-state index in [0.29, 0.717) is 4.88 Å². The van der Waals surface area contributed by atoms with Crippen LogP contribution in [0.25, 0.3) is 0 Å². The van der Waals surface area contributed by atoms with Gasteiger partial charge in [0.25, 0.3) is 0 Å². The fourth-order valence-electron chi connectivity index (χ4n) is 1.08. The minimum atomic E-state index is -0.928. The van der Waals surface area contributed by atoms with Gasteiger partial charge in [-0.1, -0.05) is 19.9 Å². The predicted molar refractivity (Wildman–Crippen MR) is 54.6 cm³/mol. The third-order valence-corrected chi connectivity index (χ3v) is 3.20. The Labute approximate surface area is 86.4 Å². The van der Waals surface area contributed by atoms with Gasteiger partial charge in [0.15, 0.2) is 5.78 Å². The van der Waals surface area contributed by atoms with Crippen LogP contribution in [-0.2, 0) is 4.79 Å². The van der Waals surface area contributed by atoms with Crippen LogP contribution in [0.15, 0.2) is 17.5 Å². The van der Waals surface area contributed by atoms with Gasteiger partial charge in [-0.15, -0.1) is 11.3 Å². The molecule has 2 unspecified atom stereocenters. The molecule has 2 atom stereocenters. The predicted octanol–water partition coefficient (Wildman–Crippen LogP) is 2.29. The minimum Gasteiger partial charge on any atom is -0.481 e. The Morgan fingerprint density at radius 2 is 2.00 bits per heavy atom. The average molecular weight is 212 g/mol. The van der Waals surface area contributed by atoms with Crippen LogP contribution in [0.1, 0.15) is 23.5 Å². The molecule has 0 saturated heterocycles. The first-order valence-electron chi connectivity index (χ1n) is 4.34. The summed E-state index contributed by atoms with van der Waals surface area (Å²) in [5.74, 6) is -2.12. The Kier molecular flexibility index (Phi) is 3.41. The molecule has 0 aliphatic rings. The van der Waals surface area contributed by atoms with E-state index in [4.69, 9.17) is 5.11 Å². The lowest BCUT2D eigenvalue weighted by molar-refractivity contribution is -0.142. The summed E-state index contributed by atoms with van der Waals surface area (Å²) < 4.78 is 0. The lowest BCUT2D eigenvalue weighted by Crippen LogP contribution is -2.24. The van der Waals surface area contributed by atoms with Crippen LogP contribution in [0.2, 0.25) is 0 Å². The van der Waals surface area contributed by atoms with Gasteiger partial charge in [-0.05, 0) is 11.4 Å². The lowest BCUT2D eigenvalue weighted by atomic mass is 9.91. The highest BCUT2D eigenvalue weighted by Crippen LogP contribution is 2.20. The molecular formula is C10H12O3S. The molecule has 0 aliphatic carbocycles. The fraction of sp³-hybridized carbons (Fsp3) is 0.400. The van der Waals surface area contributed by atoms with Crippen LogP contribution in [0.4, 0.5) is 0 Å². The molecule has 1 aromatic rings. The van der Waals surface area contributed by atoms with Crippen molar-refractivity contribution in [2.45, 2.75) is 13.8 Å². The zero-order valence-electron chi connectivity index (χ0n) is 8.06. The Morgan fingerprint density at radius 1 is 1.36 bits per heavy atom. The maximum absolute atomic E-state index is 11.7. The second-order valence-electron chi connectivity index (χ2n) is 3.26. The van der Waals surface area contributed by atoms with Crippen molar-refractivity contribution in [3.63, 3.8) is 0 Å². The van der Waals surface area contributed by atoms with E-state index >= 15 is 0 Å². The highest BCUT2D eigenvalue weighted by atomic mass is 32.1. The first kappa shape index (κ1) is 10.9. The molecule has 0 amide bonds. The monoisotopic (exact) mass is 212 g/mol. The van der Waals surface area contributed by atoms with Crippen molar-refractivity contribution in [2.75, 3.05) is 0 Å². The number of carbonyl (C=O) groups is 2. The van der Waals surface area contributed by atoms with Crippen molar-refractivity contribution in [3.05, 3.63) is 22.4 Å². The number of rotatable bonds is 4. The molecule has 14 heavy (non-hydrogen) atoms. The number of hydrogen-bond acceptors (Lipinski definition) is 3. The summed E-state index contributed by atoms with van der Waals surface area (Å²) in [5.41, 5.74) is 0. The topological polar surface area (TPSA) is 54.4 Å². The van der Waals surface area contributed by atoms with Gasteiger partial charge in [0.1, 0.15) is 0 Å². The summed E-state index contributed by atoms with van der Waals surface area (Å²) in [6, 6.07) is 3.51. The van der Waals surface area contributed by atoms with Gasteiger partial charge in [0.2, 0.25) is 0 Å². The zero-order valence-corrected chi connectivity index (χ0v) is 8.88. The number of carboxylic acids is 1. The van der Waals surface area contributed by atoms with Crippen molar-refractivity contribution in [3.8, 4) is 0 Å². The molecule has 1 heterocycles. The minimum absolute atomic E-state index is 0.0881. The van der Waals surface area contributed by atoms with Gasteiger partial charge in [-0.3, -0.25) is 9.59 Å². The summed E-state index contributed by atoms with van der Waals surface area (Å²) in [6.45, 7) is 3.21. The van der Waals surface area contributed by atoms with Crippen molar-refractivity contribution >= 4 is 23.1 Å². The van der Waals surface area contributed by atoms with E-state index < -0.39 is 17.8 Å². The molecule has 0 fully saturated rings. The molecule has 1 rings (SSSR count). The Balaban J connectivity index is 2.76. The Hall–Kier alpha value is -1.16. The number of hydrogen-bond donors (Lipinski definition) is 1. The molecule has 4 heteroatoms. The van der Waals surface area contributed by atoms with E-state index in [2.05, 4.69) is 0 Å². The van der Waals surface area contributed by atoms with Crippen molar-refractivity contribution in [2.24, 2.45) is 11.8 Å². The van der Waals surface area contributed by atoms with Gasteiger partial charge in [-0.25, -0.2) is 0 Å². The zero-order chi connectivity index (χ0) is 10.7. The van der Waals surface area contributed by atoms with E-state index in [1.807, 2.05) is 5.38 Å². The molecule has 1 aromatic heterocycles. The molecule has 0 spiro atoms. The van der Waals surface area contributed by atoms with E-state index in [-0.39, 0.29) is 5.78 Å². The standard InChI is InChI=1S/C10H12O3S/c1-6(7(2)10(12)13)9(11)8-4-3-5-14-8/h3-7H,1-2H3,(H,12,13). The number of aliphatic carboxylic acids is 1. The summed E-state index contributed by atoms with van der Waals surface area (Å²) in [6.07, 6.45) is 0. The maximum atomic E-state index is 11.7. The second-order valence-corrected chi connectivity index (χ2v) is 4.20. The number of Topliss-reactive ketones (excluding diaryl/α,β-unsaturated/α-hetero) is 1. The van der Waals surface area contributed by atoms with Crippen molar-refractivity contribution < 1.29 is 14.7 Å². The highest BCUT2D eigenvalue weighted by Gasteiger charge is 2.26. The number of ketones is 1. The third-order valence-electron chi connectivity index (χ3n) is 2.32. The largest absolute Gasteiger partial charge is 0.481 e. The molecule has 3 nitrogen and oxygen atoms in total. The van der Waals surface area contributed by atoms with Crippen LogP contribution in [-0.4, -0.2) is 16.9 Å². The van der Waals surface area contributed by atoms with E-state index in [0.717, 1.165) is 0 Å². The quantitative estimate of drug-likeness (QED) is 0.779. The molecule has 0 aliphatic heterocycles. The molecule has 0 radical (unpaired) electrons. The fourth-order valence-corrected chi connectivity index (χ4v) is 1.85. The lowest BCUT2D eigenvalue weighted by Gasteiger charge is -2.13. The summed E-state index contributed by atoms with van der Waals surface area (Å²) >= 11 is 1.35. The molecule has 0 bridgehead atoms. The van der Waals surface area contributed by atoms with Crippen molar-refractivity contribution in [1.29, 1.82) is 0 Å². The van der Waals surface area contributed by atoms with Gasteiger partial charge < -0.3 is 5.11 Å². The summed E-state index contributed by atoms with van der Waals surface area (Å²) in [7, 11) is 0. The smallest absolute Gasteiger partial charge is 0.306 e. The maximum Gasteiger partial charge on any atom is 0.306 e. The van der Waals surface area contributed by atoms with E-state index in [1.165, 1.54) is 11.3 Å². The second kappa shape index (κ2) is 4.37. The Bertz CT molecular complexity index is 329. The first-order chi connectivity index (χ1) is 6.54. The molecule has 1 N–H and O–H groups in total. The molecular weight excluding hydrogens is 200 g/mol. The molecule has 0 saturated carbocycles. The number of carboxylic acid groups (broad SMARTS) is 1. The molecule has 76 valence electrons. The number of thiophene rings is 1.